The van der Waals surface area contributed by atoms with Crippen molar-refractivity contribution in [2.45, 2.75) is 39.0 Å². The van der Waals surface area contributed by atoms with Gasteiger partial charge in [-0.15, -0.1) is 0 Å². The van der Waals surface area contributed by atoms with E-state index in [1.54, 1.807) is 0 Å². The standard InChI is InChI=1S/C26H31N7O2/c1-17-19-8-9-22-20-14-18(7-10-23(20)33(30-22)25-6-4-5-12-34-25)21-15-27-32(3)24(21)16-31(2)11-13-35-26(19)29-28-17/h7-10,14-15,25H,4-6,11-13,16H2,1-3H3,(H,28,29)/b9-8+. The van der Waals surface area contributed by atoms with Crippen molar-refractivity contribution >= 4 is 23.1 Å². The molecule has 1 fully saturated rings. The predicted octanol–water partition coefficient (Wildman–Crippen LogP) is 4.16. The van der Waals surface area contributed by atoms with E-state index in [0.29, 0.717) is 12.5 Å². The lowest BCUT2D eigenvalue weighted by Gasteiger charge is -2.23. The minimum atomic E-state index is -0.0398. The van der Waals surface area contributed by atoms with E-state index in [1.165, 1.54) is 5.69 Å². The van der Waals surface area contributed by atoms with Gasteiger partial charge in [0, 0.05) is 37.7 Å². The second kappa shape index (κ2) is 8.98. The Morgan fingerprint density at radius 1 is 1.11 bits per heavy atom. The maximum Gasteiger partial charge on any atom is 0.216 e. The van der Waals surface area contributed by atoms with Gasteiger partial charge in [0.2, 0.25) is 5.88 Å². The number of benzene rings is 1. The van der Waals surface area contributed by atoms with Crippen molar-refractivity contribution in [1.29, 1.82) is 0 Å². The van der Waals surface area contributed by atoms with Crippen molar-refractivity contribution in [3.63, 3.8) is 0 Å². The van der Waals surface area contributed by atoms with Gasteiger partial charge in [-0.05, 0) is 63.1 Å². The third-order valence-electron chi connectivity index (χ3n) is 7.04. The molecule has 1 aromatic carbocycles. The molecule has 1 saturated heterocycles. The summed E-state index contributed by atoms with van der Waals surface area (Å²) in [6.45, 7) is 4.85. The zero-order valence-corrected chi connectivity index (χ0v) is 20.5. The summed E-state index contributed by atoms with van der Waals surface area (Å²) in [5, 5.41) is 18.1. The molecule has 2 aliphatic rings. The average molecular weight is 474 g/mol. The van der Waals surface area contributed by atoms with Gasteiger partial charge in [-0.3, -0.25) is 9.58 Å². The normalized spacial score (nSPS) is 20.1. The molecule has 1 N–H and O–H groups in total. The Balaban J connectivity index is 1.54. The van der Waals surface area contributed by atoms with Gasteiger partial charge < -0.3 is 9.47 Å². The monoisotopic (exact) mass is 473 g/mol. The highest BCUT2D eigenvalue weighted by Gasteiger charge is 2.22. The van der Waals surface area contributed by atoms with Crippen LogP contribution >= 0.6 is 0 Å². The predicted molar refractivity (Wildman–Crippen MR) is 135 cm³/mol. The highest BCUT2D eigenvalue weighted by atomic mass is 16.5. The Hall–Kier alpha value is -3.43. The van der Waals surface area contributed by atoms with Gasteiger partial charge in [-0.2, -0.15) is 15.3 Å². The van der Waals surface area contributed by atoms with Crippen molar-refractivity contribution in [1.82, 2.24) is 34.7 Å². The van der Waals surface area contributed by atoms with Crippen LogP contribution in [0.5, 0.6) is 5.88 Å². The number of H-pyrrole nitrogens is 1. The molecule has 6 rings (SSSR count). The minimum absolute atomic E-state index is 0.0398. The second-order valence-electron chi connectivity index (χ2n) is 9.48. The topological polar surface area (TPSA) is 86.0 Å². The number of fused-ring (bicyclic) bond motifs is 4. The largest absolute Gasteiger partial charge is 0.476 e. The fourth-order valence-corrected chi connectivity index (χ4v) is 5.01. The van der Waals surface area contributed by atoms with E-state index in [0.717, 1.165) is 77.9 Å². The lowest BCUT2D eigenvalue weighted by atomic mass is 10.0. The van der Waals surface area contributed by atoms with Gasteiger partial charge in [0.05, 0.1) is 34.4 Å². The number of ether oxygens (including phenoxy) is 2. The number of hydrogen-bond acceptors (Lipinski definition) is 6. The van der Waals surface area contributed by atoms with Crippen molar-refractivity contribution in [2.24, 2.45) is 7.05 Å². The number of aryl methyl sites for hydroxylation is 2. The molecule has 0 aliphatic carbocycles. The molecule has 35 heavy (non-hydrogen) atoms. The van der Waals surface area contributed by atoms with Crippen LogP contribution in [0.4, 0.5) is 0 Å². The highest BCUT2D eigenvalue weighted by molar-refractivity contribution is 5.93. The number of nitrogens with zero attached hydrogens (tertiary/aromatic N) is 6. The van der Waals surface area contributed by atoms with E-state index < -0.39 is 0 Å². The summed E-state index contributed by atoms with van der Waals surface area (Å²) in [5.74, 6) is 0.684. The molecule has 1 unspecified atom stereocenters. The van der Waals surface area contributed by atoms with E-state index in [1.807, 2.05) is 30.9 Å². The molecule has 2 bridgehead atoms. The van der Waals surface area contributed by atoms with Crippen LogP contribution in [0.25, 0.3) is 34.2 Å². The van der Waals surface area contributed by atoms with Gasteiger partial charge in [0.1, 0.15) is 6.61 Å². The summed E-state index contributed by atoms with van der Waals surface area (Å²) in [6.07, 6.45) is 9.26. The summed E-state index contributed by atoms with van der Waals surface area (Å²) < 4.78 is 16.2. The van der Waals surface area contributed by atoms with Crippen LogP contribution in [0.1, 0.15) is 48.1 Å². The van der Waals surface area contributed by atoms with Crippen LogP contribution in [0.2, 0.25) is 0 Å². The Labute approximate surface area is 204 Å². The van der Waals surface area contributed by atoms with Gasteiger partial charge in [-0.1, -0.05) is 6.07 Å². The van der Waals surface area contributed by atoms with Crippen LogP contribution in [-0.4, -0.2) is 61.5 Å². The van der Waals surface area contributed by atoms with Crippen LogP contribution < -0.4 is 4.74 Å². The molecule has 4 aromatic rings. The van der Waals surface area contributed by atoms with Gasteiger partial charge in [-0.25, -0.2) is 9.78 Å². The fourth-order valence-electron chi connectivity index (χ4n) is 5.01. The van der Waals surface area contributed by atoms with Crippen molar-refractivity contribution in [2.75, 3.05) is 26.8 Å². The fraction of sp³-hybridized carbons (Fsp3) is 0.423. The lowest BCUT2D eigenvalue weighted by molar-refractivity contribution is -0.0367. The minimum Gasteiger partial charge on any atom is -0.476 e. The zero-order valence-electron chi connectivity index (χ0n) is 20.5. The molecular formula is C26H31N7O2. The highest BCUT2D eigenvalue weighted by Crippen LogP contribution is 2.34. The van der Waals surface area contributed by atoms with Crippen LogP contribution in [0.3, 0.4) is 0 Å². The van der Waals surface area contributed by atoms with E-state index in [2.05, 4.69) is 56.2 Å². The average Bonchev–Trinajstić information content (AvgIpc) is 3.53. The first-order valence-electron chi connectivity index (χ1n) is 12.3. The second-order valence-corrected chi connectivity index (χ2v) is 9.48. The smallest absolute Gasteiger partial charge is 0.216 e. The summed E-state index contributed by atoms with van der Waals surface area (Å²) in [6, 6.07) is 6.58. The Bertz CT molecular complexity index is 1390. The molecule has 9 nitrogen and oxygen atoms in total. The number of aromatic amines is 1. The number of rotatable bonds is 1. The maximum absolute atomic E-state index is 6.10. The summed E-state index contributed by atoms with van der Waals surface area (Å²) >= 11 is 0. The lowest BCUT2D eigenvalue weighted by Crippen LogP contribution is -2.25. The molecule has 2 aliphatic heterocycles. The van der Waals surface area contributed by atoms with Crippen LogP contribution in [-0.2, 0) is 18.3 Å². The van der Waals surface area contributed by atoms with Crippen molar-refractivity contribution in [3.8, 4) is 17.0 Å². The number of likely N-dealkylation sites (N-methyl/N-ethyl adjacent to an activating group) is 1. The SMILES string of the molecule is Cc1n[nH]c2c1/C=C/c1nn(C3CCCCO3)c3ccc(cc13)-c1cnn(C)c1CN(C)CCO2. The molecule has 0 amide bonds. The maximum atomic E-state index is 6.10. The Kier molecular flexibility index (Phi) is 5.66. The van der Waals surface area contributed by atoms with Gasteiger partial charge >= 0.3 is 0 Å². The third kappa shape index (κ3) is 4.04. The van der Waals surface area contributed by atoms with E-state index in [9.17, 15) is 0 Å². The quantitative estimate of drug-likeness (QED) is 0.447. The van der Waals surface area contributed by atoms with Crippen molar-refractivity contribution < 1.29 is 9.47 Å². The van der Waals surface area contributed by atoms with E-state index >= 15 is 0 Å². The molecule has 182 valence electrons. The van der Waals surface area contributed by atoms with Gasteiger partial charge in [0.25, 0.3) is 0 Å². The van der Waals surface area contributed by atoms with E-state index in [4.69, 9.17) is 14.6 Å². The first-order valence-corrected chi connectivity index (χ1v) is 12.3. The zero-order chi connectivity index (χ0) is 23.9. The summed E-state index contributed by atoms with van der Waals surface area (Å²) in [4.78, 5) is 2.25. The van der Waals surface area contributed by atoms with Crippen LogP contribution in [0, 0.1) is 6.92 Å². The van der Waals surface area contributed by atoms with Crippen LogP contribution in [0.15, 0.2) is 24.4 Å². The first-order chi connectivity index (χ1) is 17.1. The molecule has 0 radical (unpaired) electrons. The Morgan fingerprint density at radius 2 is 2.03 bits per heavy atom. The molecule has 0 spiro atoms. The van der Waals surface area contributed by atoms with E-state index in [-0.39, 0.29) is 6.23 Å². The summed E-state index contributed by atoms with van der Waals surface area (Å²) in [7, 11) is 4.11. The number of nitrogens with one attached hydrogen (secondary N) is 1. The molecule has 1 atom stereocenters. The summed E-state index contributed by atoms with van der Waals surface area (Å²) in [5.41, 5.74) is 7.26. The molecule has 5 heterocycles. The first kappa shape index (κ1) is 22.1. The third-order valence-corrected chi connectivity index (χ3v) is 7.04. The number of hydrogen-bond donors (Lipinski definition) is 1. The molecule has 9 heteroatoms. The molecular weight excluding hydrogens is 442 g/mol. The number of aromatic nitrogens is 6. The van der Waals surface area contributed by atoms with Gasteiger partial charge in [0.15, 0.2) is 6.23 Å². The molecule has 3 aromatic heterocycles. The van der Waals surface area contributed by atoms with Crippen molar-refractivity contribution in [3.05, 3.63) is 47.0 Å². The Morgan fingerprint density at radius 3 is 2.89 bits per heavy atom. The molecule has 0 saturated carbocycles.